The van der Waals surface area contributed by atoms with E-state index in [4.69, 9.17) is 4.74 Å². The highest BCUT2D eigenvalue weighted by Gasteiger charge is 2.24. The second kappa shape index (κ2) is 4.67. The number of rotatable bonds is 4. The summed E-state index contributed by atoms with van der Waals surface area (Å²) in [6, 6.07) is 6.59. The average Bonchev–Trinajstić information content (AvgIpc) is 2.67. The third kappa shape index (κ3) is 2.99. The van der Waals surface area contributed by atoms with Gasteiger partial charge in [0.25, 0.3) is 0 Å². The van der Waals surface area contributed by atoms with Gasteiger partial charge in [0, 0.05) is 12.6 Å². The molecular weight excluding hydrogens is 214 g/mol. The van der Waals surface area contributed by atoms with Gasteiger partial charge in [0.1, 0.15) is 5.75 Å². The fourth-order valence-electron chi connectivity index (χ4n) is 2.29. The van der Waals surface area contributed by atoms with Crippen molar-refractivity contribution in [3.05, 3.63) is 29.3 Å². The Morgan fingerprint density at radius 2 is 2.24 bits per heavy atom. The van der Waals surface area contributed by atoms with E-state index >= 15 is 0 Å². The van der Waals surface area contributed by atoms with Crippen LogP contribution in [0.1, 0.15) is 37.4 Å². The largest absolute Gasteiger partial charge is 0.497 e. The Labute approximate surface area is 103 Å². The predicted octanol–water partition coefficient (Wildman–Crippen LogP) is 2.04. The molecule has 1 unspecified atom stereocenters. The van der Waals surface area contributed by atoms with E-state index in [9.17, 15) is 5.11 Å². The fourth-order valence-corrected chi connectivity index (χ4v) is 2.29. The van der Waals surface area contributed by atoms with Crippen molar-refractivity contribution < 1.29 is 9.84 Å². The maximum atomic E-state index is 9.74. The van der Waals surface area contributed by atoms with E-state index in [1.807, 2.05) is 19.9 Å². The molecule has 1 aromatic carbocycles. The summed E-state index contributed by atoms with van der Waals surface area (Å²) < 4.78 is 5.26. The minimum absolute atomic E-state index is 0.339. The number of aryl methyl sites for hydroxylation is 1. The van der Waals surface area contributed by atoms with Crippen molar-refractivity contribution >= 4 is 0 Å². The van der Waals surface area contributed by atoms with Crippen LogP contribution >= 0.6 is 0 Å². The Kier molecular flexibility index (Phi) is 3.40. The Balaban J connectivity index is 2.10. The van der Waals surface area contributed by atoms with E-state index in [2.05, 4.69) is 17.4 Å². The number of ether oxygens (including phenoxy) is 1. The quantitative estimate of drug-likeness (QED) is 0.839. The smallest absolute Gasteiger partial charge is 0.119 e. The lowest BCUT2D eigenvalue weighted by Gasteiger charge is -2.22. The van der Waals surface area contributed by atoms with Gasteiger partial charge < -0.3 is 15.2 Å². The summed E-state index contributed by atoms with van der Waals surface area (Å²) in [5, 5.41) is 13.2. The number of benzene rings is 1. The topological polar surface area (TPSA) is 41.5 Å². The molecule has 2 N–H and O–H groups in total. The van der Waals surface area contributed by atoms with Crippen molar-refractivity contribution in [2.24, 2.45) is 0 Å². The predicted molar refractivity (Wildman–Crippen MR) is 68.4 cm³/mol. The van der Waals surface area contributed by atoms with Crippen molar-refractivity contribution in [3.8, 4) is 5.75 Å². The van der Waals surface area contributed by atoms with E-state index in [0.717, 1.165) is 18.6 Å². The van der Waals surface area contributed by atoms with E-state index in [1.165, 1.54) is 11.1 Å². The molecule has 17 heavy (non-hydrogen) atoms. The molecular formula is C14H21NO2. The number of methoxy groups -OCH3 is 1. The lowest BCUT2D eigenvalue weighted by Crippen LogP contribution is -2.36. The lowest BCUT2D eigenvalue weighted by molar-refractivity contribution is 0.0764. The second-order valence-corrected chi connectivity index (χ2v) is 5.35. The molecule has 0 saturated carbocycles. The Bertz CT molecular complexity index is 396. The van der Waals surface area contributed by atoms with Crippen molar-refractivity contribution in [2.45, 2.75) is 38.3 Å². The lowest BCUT2D eigenvalue weighted by atomic mass is 10.1. The Morgan fingerprint density at radius 3 is 2.88 bits per heavy atom. The third-order valence-electron chi connectivity index (χ3n) is 3.21. The van der Waals surface area contributed by atoms with Gasteiger partial charge in [0.2, 0.25) is 0 Å². The Hall–Kier alpha value is -1.06. The molecule has 2 rings (SSSR count). The highest BCUT2D eigenvalue weighted by Crippen LogP contribution is 2.33. The van der Waals surface area contributed by atoms with Gasteiger partial charge in [-0.1, -0.05) is 6.07 Å². The summed E-state index contributed by atoms with van der Waals surface area (Å²) in [5.41, 5.74) is 2.04. The molecule has 0 aliphatic heterocycles. The SMILES string of the molecule is COc1ccc2c(c1)C(NCC(C)(C)O)CC2. The molecule has 1 aromatic rings. The van der Waals surface area contributed by atoms with Crippen molar-refractivity contribution in [1.29, 1.82) is 0 Å². The standard InChI is InChI=1S/C14H21NO2/c1-14(2,16)9-15-13-7-5-10-4-6-11(17-3)8-12(10)13/h4,6,8,13,15-16H,5,7,9H2,1-3H3. The molecule has 1 atom stereocenters. The molecule has 0 aromatic heterocycles. The monoisotopic (exact) mass is 235 g/mol. The van der Waals surface area contributed by atoms with Crippen LogP contribution in [0, 0.1) is 0 Å². The molecule has 0 amide bonds. The molecule has 0 bridgehead atoms. The number of hydrogen-bond acceptors (Lipinski definition) is 3. The molecule has 0 spiro atoms. The molecule has 1 aliphatic rings. The summed E-state index contributed by atoms with van der Waals surface area (Å²) in [4.78, 5) is 0. The van der Waals surface area contributed by atoms with E-state index in [-0.39, 0.29) is 0 Å². The minimum Gasteiger partial charge on any atom is -0.497 e. The van der Waals surface area contributed by atoms with E-state index in [1.54, 1.807) is 7.11 Å². The van der Waals surface area contributed by atoms with Crippen LogP contribution in [0.4, 0.5) is 0 Å². The van der Waals surface area contributed by atoms with Gasteiger partial charge in [-0.05, 0) is 49.9 Å². The average molecular weight is 235 g/mol. The molecule has 1 aliphatic carbocycles. The van der Waals surface area contributed by atoms with E-state index < -0.39 is 5.60 Å². The van der Waals surface area contributed by atoms with Gasteiger partial charge in [-0.15, -0.1) is 0 Å². The van der Waals surface area contributed by atoms with Gasteiger partial charge in [0.05, 0.1) is 12.7 Å². The summed E-state index contributed by atoms with van der Waals surface area (Å²) in [5.74, 6) is 0.903. The molecule has 3 heteroatoms. The molecule has 0 radical (unpaired) electrons. The van der Waals surface area contributed by atoms with Gasteiger partial charge in [-0.3, -0.25) is 0 Å². The van der Waals surface area contributed by atoms with Gasteiger partial charge >= 0.3 is 0 Å². The van der Waals surface area contributed by atoms with Crippen molar-refractivity contribution in [1.82, 2.24) is 5.32 Å². The molecule has 0 heterocycles. The van der Waals surface area contributed by atoms with Crippen LogP contribution < -0.4 is 10.1 Å². The summed E-state index contributed by atoms with van der Waals surface area (Å²) >= 11 is 0. The zero-order valence-electron chi connectivity index (χ0n) is 10.8. The maximum Gasteiger partial charge on any atom is 0.119 e. The zero-order valence-corrected chi connectivity index (χ0v) is 10.8. The van der Waals surface area contributed by atoms with Crippen LogP contribution in [-0.4, -0.2) is 24.4 Å². The highest BCUT2D eigenvalue weighted by atomic mass is 16.5. The normalized spacial score (nSPS) is 19.2. The first kappa shape index (κ1) is 12.4. The highest BCUT2D eigenvalue weighted by molar-refractivity contribution is 5.40. The van der Waals surface area contributed by atoms with Crippen LogP contribution in [0.3, 0.4) is 0 Å². The molecule has 3 nitrogen and oxygen atoms in total. The number of aliphatic hydroxyl groups is 1. The van der Waals surface area contributed by atoms with Crippen LogP contribution in [0.25, 0.3) is 0 Å². The van der Waals surface area contributed by atoms with Crippen molar-refractivity contribution in [3.63, 3.8) is 0 Å². The Morgan fingerprint density at radius 1 is 1.47 bits per heavy atom. The first-order valence-corrected chi connectivity index (χ1v) is 6.12. The molecule has 0 saturated heterocycles. The van der Waals surface area contributed by atoms with Crippen LogP contribution in [0.5, 0.6) is 5.75 Å². The number of fused-ring (bicyclic) bond motifs is 1. The zero-order chi connectivity index (χ0) is 12.5. The van der Waals surface area contributed by atoms with Crippen LogP contribution in [-0.2, 0) is 6.42 Å². The summed E-state index contributed by atoms with van der Waals surface area (Å²) in [6.45, 7) is 4.25. The van der Waals surface area contributed by atoms with Gasteiger partial charge in [0.15, 0.2) is 0 Å². The summed E-state index contributed by atoms with van der Waals surface area (Å²) in [6.07, 6.45) is 2.20. The molecule has 94 valence electrons. The van der Waals surface area contributed by atoms with Crippen molar-refractivity contribution in [2.75, 3.05) is 13.7 Å². The van der Waals surface area contributed by atoms with Crippen LogP contribution in [0.2, 0.25) is 0 Å². The molecule has 0 fully saturated rings. The van der Waals surface area contributed by atoms with E-state index in [0.29, 0.717) is 12.6 Å². The maximum absolute atomic E-state index is 9.74. The summed E-state index contributed by atoms with van der Waals surface area (Å²) in [7, 11) is 1.69. The van der Waals surface area contributed by atoms with Gasteiger partial charge in [-0.2, -0.15) is 0 Å². The fraction of sp³-hybridized carbons (Fsp3) is 0.571. The van der Waals surface area contributed by atoms with Crippen LogP contribution in [0.15, 0.2) is 18.2 Å². The first-order chi connectivity index (χ1) is 7.99. The first-order valence-electron chi connectivity index (χ1n) is 6.12. The minimum atomic E-state index is -0.665. The third-order valence-corrected chi connectivity index (χ3v) is 3.21. The second-order valence-electron chi connectivity index (χ2n) is 5.35. The van der Waals surface area contributed by atoms with Gasteiger partial charge in [-0.25, -0.2) is 0 Å². The number of nitrogens with one attached hydrogen (secondary N) is 1. The number of hydrogen-bond donors (Lipinski definition) is 2.